The van der Waals surface area contributed by atoms with E-state index in [0.29, 0.717) is 30.9 Å². The zero-order chi connectivity index (χ0) is 13.9. The molecule has 0 radical (unpaired) electrons. The van der Waals surface area contributed by atoms with Crippen LogP contribution in [0.2, 0.25) is 0 Å². The van der Waals surface area contributed by atoms with E-state index in [4.69, 9.17) is 4.74 Å². The van der Waals surface area contributed by atoms with Crippen LogP contribution in [0.5, 0.6) is 0 Å². The molecular weight excluding hydrogens is 268 g/mol. The van der Waals surface area contributed by atoms with E-state index in [1.165, 1.54) is 4.31 Å². The van der Waals surface area contributed by atoms with E-state index < -0.39 is 16.1 Å². The summed E-state index contributed by atoms with van der Waals surface area (Å²) >= 11 is 0. The lowest BCUT2D eigenvalue weighted by atomic mass is 10.3. The summed E-state index contributed by atoms with van der Waals surface area (Å²) in [6.45, 7) is 2.53. The largest absolute Gasteiger partial charge is 0.450 e. The highest BCUT2D eigenvalue weighted by Crippen LogP contribution is 2.25. The minimum absolute atomic E-state index is 0.190. The van der Waals surface area contributed by atoms with Gasteiger partial charge in [-0.15, -0.1) is 0 Å². The number of rotatable bonds is 3. The second-order valence-electron chi connectivity index (χ2n) is 4.13. The molecule has 1 aromatic rings. The Hall–Kier alpha value is -1.76. The fraction of sp³-hybridized carbons (Fsp3) is 0.417. The molecule has 0 unspecified atom stereocenters. The molecule has 1 fully saturated rings. The molecule has 1 aromatic carbocycles. The van der Waals surface area contributed by atoms with Crippen molar-refractivity contribution < 1.29 is 17.9 Å². The van der Waals surface area contributed by atoms with Crippen molar-refractivity contribution in [2.45, 2.75) is 13.3 Å². The highest BCUT2D eigenvalue weighted by molar-refractivity contribution is 7.93. The average molecular weight is 284 g/mol. The highest BCUT2D eigenvalue weighted by Gasteiger charge is 2.28. The van der Waals surface area contributed by atoms with E-state index in [0.717, 1.165) is 0 Å². The molecule has 0 aliphatic carbocycles. The fourth-order valence-electron chi connectivity index (χ4n) is 1.93. The lowest BCUT2D eigenvalue weighted by Crippen LogP contribution is -2.25. The Labute approximate surface area is 112 Å². The quantitative estimate of drug-likeness (QED) is 0.918. The van der Waals surface area contributed by atoms with Gasteiger partial charge in [0.25, 0.3) is 0 Å². The number of anilines is 2. The van der Waals surface area contributed by atoms with Crippen molar-refractivity contribution in [1.82, 2.24) is 0 Å². The number of hydrogen-bond donors (Lipinski definition) is 1. The molecule has 0 bridgehead atoms. The van der Waals surface area contributed by atoms with Crippen molar-refractivity contribution in [3.8, 4) is 0 Å². The lowest BCUT2D eigenvalue weighted by molar-refractivity contribution is 0.168. The summed E-state index contributed by atoms with van der Waals surface area (Å²) in [4.78, 5) is 11.2. The molecular formula is C12H16N2O4S. The maximum absolute atomic E-state index is 11.7. The molecule has 1 heterocycles. The molecule has 0 spiro atoms. The van der Waals surface area contributed by atoms with Crippen molar-refractivity contribution >= 4 is 27.5 Å². The van der Waals surface area contributed by atoms with Crippen molar-refractivity contribution in [3.63, 3.8) is 0 Å². The first-order valence-electron chi connectivity index (χ1n) is 6.07. The number of hydrogen-bond acceptors (Lipinski definition) is 4. The first kappa shape index (κ1) is 13.7. The van der Waals surface area contributed by atoms with Gasteiger partial charge in [-0.2, -0.15) is 0 Å². The van der Waals surface area contributed by atoms with Crippen LogP contribution in [0.4, 0.5) is 16.2 Å². The van der Waals surface area contributed by atoms with E-state index in [9.17, 15) is 13.2 Å². The van der Waals surface area contributed by atoms with Crippen LogP contribution in [0.3, 0.4) is 0 Å². The molecule has 1 N–H and O–H groups in total. The van der Waals surface area contributed by atoms with Gasteiger partial charge in [0.15, 0.2) is 0 Å². The molecule has 104 valence electrons. The molecule has 0 saturated carbocycles. The van der Waals surface area contributed by atoms with Gasteiger partial charge in [0, 0.05) is 12.2 Å². The third-order valence-electron chi connectivity index (χ3n) is 2.78. The van der Waals surface area contributed by atoms with Crippen LogP contribution in [-0.4, -0.2) is 33.4 Å². The van der Waals surface area contributed by atoms with Gasteiger partial charge in [0.1, 0.15) is 0 Å². The summed E-state index contributed by atoms with van der Waals surface area (Å²) < 4.78 is 29.6. The number of benzene rings is 1. The second kappa shape index (κ2) is 5.48. The van der Waals surface area contributed by atoms with Gasteiger partial charge in [0.2, 0.25) is 10.0 Å². The van der Waals surface area contributed by atoms with Gasteiger partial charge in [-0.05, 0) is 37.6 Å². The molecule has 7 heteroatoms. The summed E-state index contributed by atoms with van der Waals surface area (Å²) in [5.74, 6) is 0.190. The number of carbonyl (C=O) groups is 1. The molecule has 1 saturated heterocycles. The molecule has 0 aromatic heterocycles. The lowest BCUT2D eigenvalue weighted by Gasteiger charge is -2.17. The van der Waals surface area contributed by atoms with Crippen LogP contribution >= 0.6 is 0 Å². The summed E-state index contributed by atoms with van der Waals surface area (Å²) in [7, 11) is -3.16. The smallest absolute Gasteiger partial charge is 0.411 e. The normalized spacial score (nSPS) is 17.2. The zero-order valence-electron chi connectivity index (χ0n) is 10.6. The highest BCUT2D eigenvalue weighted by atomic mass is 32.2. The van der Waals surface area contributed by atoms with Crippen LogP contribution in [0.15, 0.2) is 24.3 Å². The van der Waals surface area contributed by atoms with Crippen LogP contribution in [0, 0.1) is 0 Å². The van der Waals surface area contributed by atoms with E-state index in [-0.39, 0.29) is 5.75 Å². The maximum Gasteiger partial charge on any atom is 0.411 e. The monoisotopic (exact) mass is 284 g/mol. The molecule has 2 rings (SSSR count). The molecule has 1 aliphatic heterocycles. The topological polar surface area (TPSA) is 75.7 Å². The summed E-state index contributed by atoms with van der Waals surface area (Å²) in [6.07, 6.45) is 0.120. The van der Waals surface area contributed by atoms with E-state index >= 15 is 0 Å². The van der Waals surface area contributed by atoms with Crippen molar-refractivity contribution in [1.29, 1.82) is 0 Å². The SMILES string of the molecule is CCOC(=O)Nc1ccc(N2CCCS2(=O)=O)cc1. The molecule has 0 atom stereocenters. The van der Waals surface area contributed by atoms with Gasteiger partial charge in [-0.25, -0.2) is 13.2 Å². The van der Waals surface area contributed by atoms with Crippen LogP contribution in [-0.2, 0) is 14.8 Å². The van der Waals surface area contributed by atoms with Gasteiger partial charge in [-0.1, -0.05) is 0 Å². The predicted molar refractivity (Wildman–Crippen MR) is 72.8 cm³/mol. The van der Waals surface area contributed by atoms with Crippen molar-refractivity contribution in [2.75, 3.05) is 28.5 Å². The summed E-state index contributed by atoms with van der Waals surface area (Å²) in [6, 6.07) is 6.65. The molecule has 1 amide bonds. The third kappa shape index (κ3) is 3.17. The predicted octanol–water partition coefficient (Wildman–Crippen LogP) is 1.79. The van der Waals surface area contributed by atoms with Crippen molar-refractivity contribution in [2.24, 2.45) is 0 Å². The van der Waals surface area contributed by atoms with E-state index in [1.807, 2.05) is 0 Å². The number of carbonyl (C=O) groups excluding carboxylic acids is 1. The van der Waals surface area contributed by atoms with Gasteiger partial charge < -0.3 is 4.74 Å². The number of nitrogens with zero attached hydrogens (tertiary/aromatic N) is 1. The maximum atomic E-state index is 11.7. The Kier molecular flexibility index (Phi) is 3.94. The minimum atomic E-state index is -3.16. The van der Waals surface area contributed by atoms with Gasteiger partial charge >= 0.3 is 6.09 Å². The fourth-order valence-corrected chi connectivity index (χ4v) is 3.49. The molecule has 19 heavy (non-hydrogen) atoms. The van der Waals surface area contributed by atoms with Crippen LogP contribution in [0.25, 0.3) is 0 Å². The van der Waals surface area contributed by atoms with Crippen LogP contribution < -0.4 is 9.62 Å². The zero-order valence-corrected chi connectivity index (χ0v) is 11.4. The Morgan fingerprint density at radius 1 is 1.37 bits per heavy atom. The van der Waals surface area contributed by atoms with Crippen LogP contribution in [0.1, 0.15) is 13.3 Å². The summed E-state index contributed by atoms with van der Waals surface area (Å²) in [5, 5.41) is 2.55. The van der Waals surface area contributed by atoms with Gasteiger partial charge in [0.05, 0.1) is 18.0 Å². The average Bonchev–Trinajstić information content (AvgIpc) is 2.70. The molecule has 6 nitrogen and oxygen atoms in total. The Morgan fingerprint density at radius 2 is 2.05 bits per heavy atom. The third-order valence-corrected chi connectivity index (χ3v) is 4.65. The number of amides is 1. The Morgan fingerprint density at radius 3 is 2.58 bits per heavy atom. The first-order chi connectivity index (χ1) is 9.03. The van der Waals surface area contributed by atoms with Crippen molar-refractivity contribution in [3.05, 3.63) is 24.3 Å². The number of nitrogens with one attached hydrogen (secondary N) is 1. The second-order valence-corrected chi connectivity index (χ2v) is 6.15. The summed E-state index contributed by atoms with van der Waals surface area (Å²) in [5.41, 5.74) is 1.19. The van der Waals surface area contributed by atoms with E-state index in [2.05, 4.69) is 5.32 Å². The minimum Gasteiger partial charge on any atom is -0.450 e. The Bertz CT molecular complexity index is 554. The van der Waals surface area contributed by atoms with E-state index in [1.54, 1.807) is 31.2 Å². The standard InChI is InChI=1S/C12H16N2O4S/c1-2-18-12(15)13-10-4-6-11(7-5-10)14-8-3-9-19(14,16)17/h4-7H,2-3,8-9H2,1H3,(H,13,15). The first-order valence-corrected chi connectivity index (χ1v) is 7.68. The molecule has 1 aliphatic rings. The number of ether oxygens (including phenoxy) is 1. The number of sulfonamides is 1. The Balaban J connectivity index is 2.09. The van der Waals surface area contributed by atoms with Gasteiger partial charge in [-0.3, -0.25) is 9.62 Å².